The van der Waals surface area contributed by atoms with Crippen molar-refractivity contribution in [3.05, 3.63) is 46.5 Å². The Morgan fingerprint density at radius 3 is 1.53 bits per heavy atom. The molecule has 1 spiro atoms. The zero-order valence-electron chi connectivity index (χ0n) is 16.7. The standard InChI is InChI=1S/C20H20F4O4P.CH4/c1-19(2,3)9-7-10(20(4,5)6)16-11(8-9)25-29(26-16)27-17-14(23)12(21)13(22)15(24)18(17)28-29;/h7-8H,1-6H3;1H4/q+1;. The summed E-state index contributed by atoms with van der Waals surface area (Å²) in [5.41, 5.74) is 1.12. The predicted molar refractivity (Wildman–Crippen MR) is 106 cm³/mol. The number of halogens is 4. The molecule has 2 aromatic rings. The maximum absolute atomic E-state index is 14.1. The molecule has 0 N–H and O–H groups in total. The van der Waals surface area contributed by atoms with Crippen molar-refractivity contribution in [2.24, 2.45) is 0 Å². The van der Waals surface area contributed by atoms with Gasteiger partial charge >= 0.3 is 8.17 Å². The zero-order valence-corrected chi connectivity index (χ0v) is 17.6. The van der Waals surface area contributed by atoms with E-state index >= 15 is 0 Å². The molecule has 0 saturated heterocycles. The topological polar surface area (TPSA) is 36.9 Å². The van der Waals surface area contributed by atoms with Gasteiger partial charge in [0.25, 0.3) is 11.5 Å². The second kappa shape index (κ2) is 6.64. The molecule has 0 aliphatic carbocycles. The van der Waals surface area contributed by atoms with Crippen molar-refractivity contribution in [2.75, 3.05) is 0 Å². The summed E-state index contributed by atoms with van der Waals surface area (Å²) < 4.78 is 77.6. The van der Waals surface area contributed by atoms with Crippen LogP contribution in [0.3, 0.4) is 0 Å². The molecule has 0 bridgehead atoms. The van der Waals surface area contributed by atoms with E-state index in [0.29, 0.717) is 5.75 Å². The average molecular weight is 447 g/mol. The van der Waals surface area contributed by atoms with E-state index in [1.165, 1.54) is 0 Å². The van der Waals surface area contributed by atoms with Crippen LogP contribution in [0.15, 0.2) is 12.1 Å². The number of rotatable bonds is 0. The summed E-state index contributed by atoms with van der Waals surface area (Å²) in [5.74, 6) is -8.61. The summed E-state index contributed by atoms with van der Waals surface area (Å²) in [7, 11) is -3.84. The summed E-state index contributed by atoms with van der Waals surface area (Å²) in [6.45, 7) is 12.0. The minimum Gasteiger partial charge on any atom is -0.237 e. The van der Waals surface area contributed by atoms with E-state index < -0.39 is 42.9 Å². The maximum Gasteiger partial charge on any atom is 0.767 e. The molecule has 0 aromatic heterocycles. The summed E-state index contributed by atoms with van der Waals surface area (Å²) in [4.78, 5) is 0. The van der Waals surface area contributed by atoms with Crippen molar-refractivity contribution in [1.29, 1.82) is 0 Å². The van der Waals surface area contributed by atoms with Gasteiger partial charge < -0.3 is 0 Å². The van der Waals surface area contributed by atoms with Crippen LogP contribution in [0.4, 0.5) is 17.6 Å². The normalized spacial score (nSPS) is 16.1. The highest BCUT2D eigenvalue weighted by molar-refractivity contribution is 7.58. The van der Waals surface area contributed by atoms with Gasteiger partial charge in [0.1, 0.15) is 0 Å². The molecule has 4 nitrogen and oxygen atoms in total. The second-order valence-electron chi connectivity index (χ2n) is 9.08. The van der Waals surface area contributed by atoms with E-state index in [1.54, 1.807) is 6.07 Å². The van der Waals surface area contributed by atoms with Crippen LogP contribution in [0.25, 0.3) is 0 Å². The smallest absolute Gasteiger partial charge is 0.237 e. The first-order chi connectivity index (χ1) is 13.2. The molecule has 2 aliphatic heterocycles. The van der Waals surface area contributed by atoms with Gasteiger partial charge in [0, 0.05) is 5.56 Å². The van der Waals surface area contributed by atoms with Gasteiger partial charge in [-0.15, -0.1) is 0 Å². The molecule has 0 unspecified atom stereocenters. The van der Waals surface area contributed by atoms with Crippen LogP contribution in [-0.4, -0.2) is 0 Å². The third-order valence-corrected chi connectivity index (χ3v) is 6.37. The van der Waals surface area contributed by atoms with Gasteiger partial charge in [-0.05, 0) is 22.5 Å². The van der Waals surface area contributed by atoms with Crippen LogP contribution < -0.4 is 18.1 Å². The fourth-order valence-corrected chi connectivity index (χ4v) is 4.86. The monoisotopic (exact) mass is 447 g/mol. The van der Waals surface area contributed by atoms with Crippen molar-refractivity contribution in [3.8, 4) is 23.0 Å². The minimum absolute atomic E-state index is 0. The zero-order chi connectivity index (χ0) is 21.5. The van der Waals surface area contributed by atoms with Crippen molar-refractivity contribution in [1.82, 2.24) is 0 Å². The summed E-state index contributed by atoms with van der Waals surface area (Å²) >= 11 is 0. The van der Waals surface area contributed by atoms with Gasteiger partial charge in [-0.2, -0.15) is 8.78 Å². The van der Waals surface area contributed by atoms with E-state index in [2.05, 4.69) is 0 Å². The van der Waals surface area contributed by atoms with Crippen LogP contribution in [0, 0.1) is 23.3 Å². The molecule has 0 atom stereocenters. The third kappa shape index (κ3) is 3.25. The van der Waals surface area contributed by atoms with E-state index in [4.69, 9.17) is 18.1 Å². The van der Waals surface area contributed by atoms with E-state index in [-0.39, 0.29) is 24.0 Å². The Morgan fingerprint density at radius 1 is 0.633 bits per heavy atom. The fourth-order valence-electron chi connectivity index (χ4n) is 3.08. The summed E-state index contributed by atoms with van der Waals surface area (Å²) in [6.07, 6.45) is 0. The highest BCUT2D eigenvalue weighted by Crippen LogP contribution is 2.74. The number of benzene rings is 2. The molecule has 2 aromatic carbocycles. The lowest BCUT2D eigenvalue weighted by atomic mass is 9.80. The van der Waals surface area contributed by atoms with E-state index in [9.17, 15) is 17.6 Å². The van der Waals surface area contributed by atoms with Gasteiger partial charge in [-0.25, -0.2) is 26.9 Å². The van der Waals surface area contributed by atoms with Gasteiger partial charge in [-0.3, -0.25) is 0 Å². The Labute approximate surface area is 173 Å². The molecule has 0 saturated carbocycles. The van der Waals surface area contributed by atoms with Gasteiger partial charge in [0.15, 0.2) is 0 Å². The van der Waals surface area contributed by atoms with Crippen molar-refractivity contribution < 1.29 is 35.7 Å². The molecule has 9 heteroatoms. The van der Waals surface area contributed by atoms with Crippen LogP contribution in [0.5, 0.6) is 23.0 Å². The number of hydrogen-bond acceptors (Lipinski definition) is 4. The molecular formula is C21H24F4O4P+. The lowest BCUT2D eigenvalue weighted by molar-refractivity contribution is 0.325. The SMILES string of the molecule is C.CC(C)(C)c1cc2c(c(C(C)(C)C)c1)O[P+]1(O2)Oc2c(F)c(F)c(F)c(F)c2O1. The Hall–Kier alpha value is -2.21. The van der Waals surface area contributed by atoms with Crippen LogP contribution in [0.2, 0.25) is 0 Å². The third-order valence-electron chi connectivity index (χ3n) is 4.73. The molecule has 30 heavy (non-hydrogen) atoms. The lowest BCUT2D eigenvalue weighted by Crippen LogP contribution is -2.16. The second-order valence-corrected chi connectivity index (χ2v) is 10.7. The molecule has 164 valence electrons. The highest BCUT2D eigenvalue weighted by atomic mass is 31.2. The largest absolute Gasteiger partial charge is 0.767 e. The molecule has 0 amide bonds. The molecule has 2 aliphatic rings. The lowest BCUT2D eigenvalue weighted by Gasteiger charge is -2.24. The first-order valence-corrected chi connectivity index (χ1v) is 10.4. The van der Waals surface area contributed by atoms with Crippen LogP contribution in [0.1, 0.15) is 60.1 Å². The fraction of sp³-hybridized carbons (Fsp3) is 0.429. The van der Waals surface area contributed by atoms with Gasteiger partial charge in [0.05, 0.1) is 0 Å². The van der Waals surface area contributed by atoms with Gasteiger partial charge in [0.2, 0.25) is 34.8 Å². The maximum atomic E-state index is 14.1. The predicted octanol–water partition coefficient (Wildman–Crippen LogP) is 7.39. The minimum atomic E-state index is -3.84. The number of fused-ring (bicyclic) bond motifs is 2. The number of hydrogen-bond donors (Lipinski definition) is 0. The van der Waals surface area contributed by atoms with Crippen LogP contribution >= 0.6 is 8.17 Å². The Kier molecular flexibility index (Phi) is 4.98. The molecular weight excluding hydrogens is 423 g/mol. The Balaban J connectivity index is 0.00000256. The first-order valence-electron chi connectivity index (χ1n) is 8.96. The summed E-state index contributed by atoms with van der Waals surface area (Å²) in [5, 5.41) is 0. The first kappa shape index (κ1) is 22.5. The molecule has 0 radical (unpaired) electrons. The Morgan fingerprint density at radius 2 is 1.10 bits per heavy atom. The van der Waals surface area contributed by atoms with Gasteiger partial charge in [-0.1, -0.05) is 55.0 Å². The Bertz CT molecular complexity index is 1000. The van der Waals surface area contributed by atoms with E-state index in [0.717, 1.165) is 11.1 Å². The summed E-state index contributed by atoms with van der Waals surface area (Å²) in [6, 6.07) is 3.71. The van der Waals surface area contributed by atoms with Crippen LogP contribution in [-0.2, 0) is 10.8 Å². The van der Waals surface area contributed by atoms with Crippen molar-refractivity contribution in [2.45, 2.75) is 59.8 Å². The molecule has 2 heterocycles. The quantitative estimate of drug-likeness (QED) is 0.183. The average Bonchev–Trinajstić information content (AvgIpc) is 3.15. The van der Waals surface area contributed by atoms with Crippen molar-refractivity contribution >= 4 is 8.17 Å². The molecule has 4 rings (SSSR count). The highest BCUT2D eigenvalue weighted by Gasteiger charge is 2.69. The molecule has 0 fully saturated rings. The van der Waals surface area contributed by atoms with E-state index in [1.807, 2.05) is 47.6 Å². The van der Waals surface area contributed by atoms with Crippen molar-refractivity contribution in [3.63, 3.8) is 0 Å².